The van der Waals surface area contributed by atoms with Crippen LogP contribution in [0.1, 0.15) is 33.3 Å². The second-order valence-electron chi connectivity index (χ2n) is 4.45. The molecule has 0 aliphatic carbocycles. The van der Waals surface area contributed by atoms with Gasteiger partial charge in [-0.25, -0.2) is 9.59 Å². The van der Waals surface area contributed by atoms with E-state index in [1.807, 2.05) is 30.3 Å². The highest BCUT2D eigenvalue weighted by Gasteiger charge is 2.28. The van der Waals surface area contributed by atoms with Crippen molar-refractivity contribution in [2.75, 3.05) is 13.7 Å². The highest BCUT2D eigenvalue weighted by atomic mass is 16.5. The Morgan fingerprint density at radius 1 is 1.10 bits per heavy atom. The summed E-state index contributed by atoms with van der Waals surface area (Å²) in [4.78, 5) is 27.3. The molecular weight excluding hydrogens is 270 g/mol. The van der Waals surface area contributed by atoms with E-state index in [0.29, 0.717) is 11.4 Å². The largest absolute Gasteiger partial charge is 0.465 e. The molecule has 0 amide bonds. The number of aryl methyl sites for hydroxylation is 1. The number of esters is 2. The summed E-state index contributed by atoms with van der Waals surface area (Å²) >= 11 is 0. The monoisotopic (exact) mass is 287 g/mol. The summed E-state index contributed by atoms with van der Waals surface area (Å²) in [6, 6.07) is 9.30. The number of rotatable bonds is 4. The van der Waals surface area contributed by atoms with E-state index in [0.717, 1.165) is 5.56 Å². The highest BCUT2D eigenvalue weighted by Crippen LogP contribution is 2.29. The van der Waals surface area contributed by atoms with Crippen LogP contribution in [0.15, 0.2) is 30.3 Å². The first-order valence-electron chi connectivity index (χ1n) is 6.63. The zero-order valence-corrected chi connectivity index (χ0v) is 12.2. The number of H-pyrrole nitrogens is 1. The van der Waals surface area contributed by atoms with Crippen molar-refractivity contribution in [1.82, 2.24) is 4.98 Å². The molecule has 0 atom stereocenters. The predicted molar refractivity (Wildman–Crippen MR) is 78.3 cm³/mol. The Labute approximate surface area is 122 Å². The molecule has 0 saturated carbocycles. The molecule has 1 heterocycles. The van der Waals surface area contributed by atoms with Gasteiger partial charge in [0.15, 0.2) is 0 Å². The summed E-state index contributed by atoms with van der Waals surface area (Å²) in [7, 11) is 1.29. The number of aromatic amines is 1. The molecule has 110 valence electrons. The lowest BCUT2D eigenvalue weighted by molar-refractivity contribution is 0.0504. The number of hydrogen-bond donors (Lipinski definition) is 1. The van der Waals surface area contributed by atoms with Gasteiger partial charge in [0.05, 0.1) is 30.5 Å². The lowest BCUT2D eigenvalue weighted by Crippen LogP contribution is -2.12. The lowest BCUT2D eigenvalue weighted by atomic mass is 10.0. The van der Waals surface area contributed by atoms with Crippen molar-refractivity contribution >= 4 is 11.9 Å². The number of hydrogen-bond acceptors (Lipinski definition) is 4. The molecule has 0 saturated heterocycles. The van der Waals surface area contributed by atoms with E-state index in [4.69, 9.17) is 9.47 Å². The molecule has 0 spiro atoms. The van der Waals surface area contributed by atoms with E-state index in [1.54, 1.807) is 13.8 Å². The molecule has 5 nitrogen and oxygen atoms in total. The summed E-state index contributed by atoms with van der Waals surface area (Å²) in [5.74, 6) is -1.10. The molecule has 0 bridgehead atoms. The van der Waals surface area contributed by atoms with Crippen LogP contribution in [0, 0.1) is 6.92 Å². The molecule has 0 fully saturated rings. The van der Waals surface area contributed by atoms with E-state index in [2.05, 4.69) is 4.98 Å². The van der Waals surface area contributed by atoms with Gasteiger partial charge in [-0.15, -0.1) is 0 Å². The zero-order valence-electron chi connectivity index (χ0n) is 12.2. The number of carbonyl (C=O) groups is 2. The second kappa shape index (κ2) is 6.26. The van der Waals surface area contributed by atoms with Crippen LogP contribution in [0.4, 0.5) is 0 Å². The Bertz CT molecular complexity index is 658. The fourth-order valence-electron chi connectivity index (χ4n) is 2.21. The van der Waals surface area contributed by atoms with Crippen molar-refractivity contribution in [2.45, 2.75) is 13.8 Å². The number of nitrogens with one attached hydrogen (secondary N) is 1. The van der Waals surface area contributed by atoms with Crippen LogP contribution >= 0.6 is 0 Å². The van der Waals surface area contributed by atoms with Gasteiger partial charge >= 0.3 is 11.9 Å². The lowest BCUT2D eigenvalue weighted by Gasteiger charge is -2.06. The zero-order chi connectivity index (χ0) is 15.4. The minimum absolute atomic E-state index is 0.208. The third-order valence-electron chi connectivity index (χ3n) is 3.12. The van der Waals surface area contributed by atoms with E-state index in [-0.39, 0.29) is 17.7 Å². The number of carbonyl (C=O) groups excluding carboxylic acids is 2. The third-order valence-corrected chi connectivity index (χ3v) is 3.12. The fraction of sp³-hybridized carbons (Fsp3) is 0.250. The highest BCUT2D eigenvalue weighted by molar-refractivity contribution is 6.08. The summed E-state index contributed by atoms with van der Waals surface area (Å²) < 4.78 is 9.84. The average Bonchev–Trinajstić information content (AvgIpc) is 2.85. The van der Waals surface area contributed by atoms with Crippen LogP contribution in [-0.4, -0.2) is 30.6 Å². The smallest absolute Gasteiger partial charge is 0.340 e. The maximum atomic E-state index is 12.1. The van der Waals surface area contributed by atoms with E-state index in [1.165, 1.54) is 7.11 Å². The van der Waals surface area contributed by atoms with Crippen molar-refractivity contribution in [2.24, 2.45) is 0 Å². The molecule has 0 radical (unpaired) electrons. The molecule has 0 unspecified atom stereocenters. The molecule has 21 heavy (non-hydrogen) atoms. The summed E-state index contributed by atoms with van der Waals surface area (Å²) in [5.41, 5.74) is 2.37. The maximum Gasteiger partial charge on any atom is 0.340 e. The average molecular weight is 287 g/mol. The SMILES string of the molecule is CCOC(=O)c1c(C)[nH]c(-c2ccccc2)c1C(=O)OC. The van der Waals surface area contributed by atoms with Gasteiger partial charge < -0.3 is 14.5 Å². The Balaban J connectivity index is 2.64. The van der Waals surface area contributed by atoms with Crippen LogP contribution in [0.5, 0.6) is 0 Å². The van der Waals surface area contributed by atoms with Crippen molar-refractivity contribution in [3.05, 3.63) is 47.2 Å². The van der Waals surface area contributed by atoms with Crippen LogP contribution in [0.3, 0.4) is 0 Å². The molecular formula is C16H17NO4. The topological polar surface area (TPSA) is 68.4 Å². The number of aromatic nitrogens is 1. The molecule has 1 aromatic heterocycles. The van der Waals surface area contributed by atoms with Crippen LogP contribution in [0.25, 0.3) is 11.3 Å². The minimum Gasteiger partial charge on any atom is -0.465 e. The standard InChI is InChI=1S/C16H17NO4/c1-4-21-16(19)12-10(2)17-14(13(12)15(18)20-3)11-8-6-5-7-9-11/h5-9,17H,4H2,1-3H3. The van der Waals surface area contributed by atoms with Gasteiger partial charge in [-0.05, 0) is 19.4 Å². The maximum absolute atomic E-state index is 12.1. The molecule has 0 aliphatic rings. The number of benzene rings is 1. The Morgan fingerprint density at radius 2 is 1.76 bits per heavy atom. The first kappa shape index (κ1) is 14.8. The van der Waals surface area contributed by atoms with Gasteiger partial charge in [-0.1, -0.05) is 30.3 Å². The van der Waals surface area contributed by atoms with Crippen LogP contribution < -0.4 is 0 Å². The van der Waals surface area contributed by atoms with Gasteiger partial charge in [0.1, 0.15) is 0 Å². The second-order valence-corrected chi connectivity index (χ2v) is 4.45. The van der Waals surface area contributed by atoms with Crippen molar-refractivity contribution in [1.29, 1.82) is 0 Å². The van der Waals surface area contributed by atoms with Gasteiger partial charge in [0, 0.05) is 5.69 Å². The fourth-order valence-corrected chi connectivity index (χ4v) is 2.21. The number of methoxy groups -OCH3 is 1. The van der Waals surface area contributed by atoms with Crippen LogP contribution in [-0.2, 0) is 9.47 Å². The van der Waals surface area contributed by atoms with Gasteiger partial charge in [-0.2, -0.15) is 0 Å². The third kappa shape index (κ3) is 2.81. The van der Waals surface area contributed by atoms with Crippen molar-refractivity contribution in [3.63, 3.8) is 0 Å². The summed E-state index contributed by atoms with van der Waals surface area (Å²) in [6.07, 6.45) is 0. The Morgan fingerprint density at radius 3 is 2.33 bits per heavy atom. The van der Waals surface area contributed by atoms with Crippen molar-refractivity contribution < 1.29 is 19.1 Å². The van der Waals surface area contributed by atoms with E-state index in [9.17, 15) is 9.59 Å². The molecule has 1 N–H and O–H groups in total. The van der Waals surface area contributed by atoms with Gasteiger partial charge in [0.2, 0.25) is 0 Å². The minimum atomic E-state index is -0.568. The van der Waals surface area contributed by atoms with E-state index < -0.39 is 11.9 Å². The Hall–Kier alpha value is -2.56. The molecule has 5 heteroatoms. The predicted octanol–water partition coefficient (Wildman–Crippen LogP) is 2.95. The van der Waals surface area contributed by atoms with E-state index >= 15 is 0 Å². The van der Waals surface area contributed by atoms with Crippen LogP contribution in [0.2, 0.25) is 0 Å². The Kier molecular flexibility index (Phi) is 4.42. The van der Waals surface area contributed by atoms with Gasteiger partial charge in [0.25, 0.3) is 0 Å². The first-order valence-corrected chi connectivity index (χ1v) is 6.63. The summed E-state index contributed by atoms with van der Waals surface area (Å²) in [5, 5.41) is 0. The molecule has 2 aromatic rings. The molecule has 2 rings (SSSR count). The first-order chi connectivity index (χ1) is 10.1. The quantitative estimate of drug-likeness (QED) is 0.878. The normalized spacial score (nSPS) is 10.2. The van der Waals surface area contributed by atoms with Crippen molar-refractivity contribution in [3.8, 4) is 11.3 Å². The number of ether oxygens (including phenoxy) is 2. The van der Waals surface area contributed by atoms with Gasteiger partial charge in [-0.3, -0.25) is 0 Å². The molecule has 0 aliphatic heterocycles. The summed E-state index contributed by atoms with van der Waals surface area (Å²) in [6.45, 7) is 3.69. The molecule has 1 aromatic carbocycles.